The average molecular weight is 368 g/mol. The van der Waals surface area contributed by atoms with Crippen molar-refractivity contribution in [3.8, 4) is 11.5 Å². The van der Waals surface area contributed by atoms with E-state index in [1.165, 1.54) is 0 Å². The fourth-order valence-corrected chi connectivity index (χ4v) is 2.94. The SMILES string of the molecule is CCC(CC)C(=O)Nc1ccc(C(=O)NCc2ccc3c(c2)OCO3)cc1. The summed E-state index contributed by atoms with van der Waals surface area (Å²) in [7, 11) is 0. The largest absolute Gasteiger partial charge is 0.454 e. The van der Waals surface area contributed by atoms with Gasteiger partial charge in [-0.2, -0.15) is 0 Å². The van der Waals surface area contributed by atoms with E-state index in [-0.39, 0.29) is 24.5 Å². The molecule has 6 nitrogen and oxygen atoms in total. The Labute approximate surface area is 158 Å². The molecule has 3 rings (SSSR count). The van der Waals surface area contributed by atoms with Crippen LogP contribution >= 0.6 is 0 Å². The Morgan fingerprint density at radius 2 is 1.70 bits per heavy atom. The third kappa shape index (κ3) is 4.58. The number of hydrogen-bond acceptors (Lipinski definition) is 4. The van der Waals surface area contributed by atoms with Crippen LogP contribution in [0.4, 0.5) is 5.69 Å². The molecule has 0 aromatic heterocycles. The van der Waals surface area contributed by atoms with Gasteiger partial charge in [0.25, 0.3) is 5.91 Å². The van der Waals surface area contributed by atoms with Gasteiger partial charge in [0.2, 0.25) is 12.7 Å². The van der Waals surface area contributed by atoms with E-state index < -0.39 is 0 Å². The number of carbonyl (C=O) groups is 2. The quantitative estimate of drug-likeness (QED) is 0.781. The van der Waals surface area contributed by atoms with Gasteiger partial charge in [-0.05, 0) is 54.8 Å². The van der Waals surface area contributed by atoms with E-state index >= 15 is 0 Å². The monoisotopic (exact) mass is 368 g/mol. The summed E-state index contributed by atoms with van der Waals surface area (Å²) in [6.45, 7) is 4.62. The number of amides is 2. The summed E-state index contributed by atoms with van der Waals surface area (Å²) in [6, 6.07) is 12.5. The smallest absolute Gasteiger partial charge is 0.251 e. The van der Waals surface area contributed by atoms with E-state index in [1.807, 2.05) is 32.0 Å². The van der Waals surface area contributed by atoms with E-state index in [0.29, 0.717) is 23.5 Å². The van der Waals surface area contributed by atoms with Crippen LogP contribution in [0.5, 0.6) is 11.5 Å². The highest BCUT2D eigenvalue weighted by Gasteiger charge is 2.15. The highest BCUT2D eigenvalue weighted by molar-refractivity contribution is 5.96. The molecule has 2 aromatic rings. The van der Waals surface area contributed by atoms with Crippen LogP contribution in [0.1, 0.15) is 42.6 Å². The lowest BCUT2D eigenvalue weighted by Crippen LogP contribution is -2.23. The summed E-state index contributed by atoms with van der Waals surface area (Å²) in [5.74, 6) is 1.26. The maximum Gasteiger partial charge on any atom is 0.251 e. The summed E-state index contributed by atoms with van der Waals surface area (Å²) in [5, 5.41) is 5.78. The predicted octanol–water partition coefficient (Wildman–Crippen LogP) is 3.72. The number of rotatable bonds is 7. The topological polar surface area (TPSA) is 76.7 Å². The maximum absolute atomic E-state index is 12.3. The van der Waals surface area contributed by atoms with Crippen LogP contribution in [0.15, 0.2) is 42.5 Å². The Morgan fingerprint density at radius 3 is 2.41 bits per heavy atom. The molecular formula is C21H24N2O4. The van der Waals surface area contributed by atoms with E-state index in [1.54, 1.807) is 24.3 Å². The van der Waals surface area contributed by atoms with Gasteiger partial charge in [-0.1, -0.05) is 19.9 Å². The summed E-state index contributed by atoms with van der Waals surface area (Å²) >= 11 is 0. The first kappa shape index (κ1) is 18.8. The predicted molar refractivity (Wildman–Crippen MR) is 103 cm³/mol. The Morgan fingerprint density at radius 1 is 1.00 bits per heavy atom. The molecule has 0 saturated heterocycles. The van der Waals surface area contributed by atoms with Crippen LogP contribution in [0.2, 0.25) is 0 Å². The van der Waals surface area contributed by atoms with Gasteiger partial charge < -0.3 is 20.1 Å². The van der Waals surface area contributed by atoms with Gasteiger partial charge in [-0.15, -0.1) is 0 Å². The molecule has 27 heavy (non-hydrogen) atoms. The second-order valence-corrected chi connectivity index (χ2v) is 6.45. The number of carbonyl (C=O) groups excluding carboxylic acids is 2. The molecular weight excluding hydrogens is 344 g/mol. The first-order valence-electron chi connectivity index (χ1n) is 9.18. The van der Waals surface area contributed by atoms with Crippen LogP contribution in [-0.4, -0.2) is 18.6 Å². The van der Waals surface area contributed by atoms with Gasteiger partial charge in [0.15, 0.2) is 11.5 Å². The Kier molecular flexibility index (Phi) is 5.96. The van der Waals surface area contributed by atoms with Gasteiger partial charge in [-0.3, -0.25) is 9.59 Å². The van der Waals surface area contributed by atoms with E-state index in [4.69, 9.17) is 9.47 Å². The number of nitrogens with one attached hydrogen (secondary N) is 2. The summed E-state index contributed by atoms with van der Waals surface area (Å²) in [6.07, 6.45) is 1.62. The van der Waals surface area contributed by atoms with Crippen LogP contribution < -0.4 is 20.1 Å². The van der Waals surface area contributed by atoms with Crippen molar-refractivity contribution in [3.63, 3.8) is 0 Å². The van der Waals surface area contributed by atoms with Gasteiger partial charge >= 0.3 is 0 Å². The highest BCUT2D eigenvalue weighted by Crippen LogP contribution is 2.32. The minimum Gasteiger partial charge on any atom is -0.454 e. The first-order valence-corrected chi connectivity index (χ1v) is 9.18. The molecule has 0 radical (unpaired) electrons. The van der Waals surface area contributed by atoms with Crippen molar-refractivity contribution in [1.29, 1.82) is 0 Å². The molecule has 0 saturated carbocycles. The molecule has 1 heterocycles. The molecule has 0 unspecified atom stereocenters. The lowest BCUT2D eigenvalue weighted by atomic mass is 10.0. The van der Waals surface area contributed by atoms with Crippen molar-refractivity contribution in [1.82, 2.24) is 5.32 Å². The normalized spacial score (nSPS) is 12.1. The molecule has 1 aliphatic heterocycles. The number of benzene rings is 2. The number of fused-ring (bicyclic) bond motifs is 1. The summed E-state index contributed by atoms with van der Waals surface area (Å²) < 4.78 is 10.6. The highest BCUT2D eigenvalue weighted by atomic mass is 16.7. The zero-order valence-corrected chi connectivity index (χ0v) is 15.6. The zero-order valence-electron chi connectivity index (χ0n) is 15.6. The molecule has 6 heteroatoms. The van der Waals surface area contributed by atoms with Crippen LogP contribution in [0.25, 0.3) is 0 Å². The van der Waals surface area contributed by atoms with Crippen molar-refractivity contribution in [2.75, 3.05) is 12.1 Å². The van der Waals surface area contributed by atoms with Gasteiger partial charge in [0.1, 0.15) is 0 Å². The summed E-state index contributed by atoms with van der Waals surface area (Å²) in [5.41, 5.74) is 2.16. The second-order valence-electron chi connectivity index (χ2n) is 6.45. The fourth-order valence-electron chi connectivity index (χ4n) is 2.94. The van der Waals surface area contributed by atoms with Gasteiger partial charge in [0.05, 0.1) is 0 Å². The second kappa shape index (κ2) is 8.58. The minimum atomic E-state index is -0.175. The van der Waals surface area contributed by atoms with E-state index in [2.05, 4.69) is 10.6 Å². The Balaban J connectivity index is 1.55. The molecule has 0 fully saturated rings. The molecule has 0 bridgehead atoms. The minimum absolute atomic E-state index is 0.00896. The third-order valence-corrected chi connectivity index (χ3v) is 4.66. The standard InChI is InChI=1S/C21H24N2O4/c1-3-15(4-2)21(25)23-17-8-6-16(7-9-17)20(24)22-12-14-5-10-18-19(11-14)27-13-26-18/h5-11,15H,3-4,12-13H2,1-2H3,(H,22,24)(H,23,25). The number of hydrogen-bond donors (Lipinski definition) is 2. The molecule has 142 valence electrons. The van der Waals surface area contributed by atoms with E-state index in [9.17, 15) is 9.59 Å². The van der Waals surface area contributed by atoms with Crippen molar-refractivity contribution < 1.29 is 19.1 Å². The summed E-state index contributed by atoms with van der Waals surface area (Å²) in [4.78, 5) is 24.5. The number of anilines is 1. The van der Waals surface area contributed by atoms with Crippen molar-refractivity contribution >= 4 is 17.5 Å². The van der Waals surface area contributed by atoms with Crippen molar-refractivity contribution in [2.45, 2.75) is 33.2 Å². The van der Waals surface area contributed by atoms with Gasteiger partial charge in [-0.25, -0.2) is 0 Å². The Hall–Kier alpha value is -3.02. The first-order chi connectivity index (χ1) is 13.1. The number of ether oxygens (including phenoxy) is 2. The molecule has 0 atom stereocenters. The lowest BCUT2D eigenvalue weighted by Gasteiger charge is -2.13. The molecule has 1 aliphatic rings. The lowest BCUT2D eigenvalue weighted by molar-refractivity contribution is -0.120. The van der Waals surface area contributed by atoms with Crippen LogP contribution in [0.3, 0.4) is 0 Å². The van der Waals surface area contributed by atoms with Gasteiger partial charge in [0, 0.05) is 23.7 Å². The van der Waals surface area contributed by atoms with Crippen LogP contribution in [-0.2, 0) is 11.3 Å². The van der Waals surface area contributed by atoms with Crippen LogP contribution in [0, 0.1) is 5.92 Å². The van der Waals surface area contributed by atoms with Crippen molar-refractivity contribution in [2.24, 2.45) is 5.92 Å². The van der Waals surface area contributed by atoms with E-state index in [0.717, 1.165) is 24.2 Å². The maximum atomic E-state index is 12.3. The Bertz CT molecular complexity index is 813. The fraction of sp³-hybridized carbons (Fsp3) is 0.333. The molecule has 0 aliphatic carbocycles. The zero-order chi connectivity index (χ0) is 19.2. The molecule has 0 spiro atoms. The molecule has 2 aromatic carbocycles. The molecule has 2 N–H and O–H groups in total. The average Bonchev–Trinajstić information content (AvgIpc) is 3.15. The van der Waals surface area contributed by atoms with Crippen molar-refractivity contribution in [3.05, 3.63) is 53.6 Å². The molecule has 2 amide bonds. The third-order valence-electron chi connectivity index (χ3n) is 4.66.